The topological polar surface area (TPSA) is 69.9 Å². The number of benzene rings is 1. The summed E-state index contributed by atoms with van der Waals surface area (Å²) in [5, 5.41) is 11.3. The molecule has 0 radical (unpaired) electrons. The molecule has 1 aromatic carbocycles. The van der Waals surface area contributed by atoms with Gasteiger partial charge in [0, 0.05) is 51.4 Å². The number of hydrogen-bond donors (Lipinski definition) is 0. The van der Waals surface area contributed by atoms with Crippen LogP contribution in [-0.4, -0.2) is 66.4 Å². The van der Waals surface area contributed by atoms with Crippen molar-refractivity contribution in [3.63, 3.8) is 0 Å². The van der Waals surface area contributed by atoms with Crippen molar-refractivity contribution in [3.8, 4) is 0 Å². The first-order valence-electron chi connectivity index (χ1n) is 10.1. The minimum atomic E-state index is -0.376. The maximum absolute atomic E-state index is 13.2. The Morgan fingerprint density at radius 1 is 1.04 bits per heavy atom. The summed E-state index contributed by atoms with van der Waals surface area (Å²) in [4.78, 5) is 30.5. The van der Waals surface area contributed by atoms with E-state index in [-0.39, 0.29) is 16.5 Å². The SMILES string of the molecule is CCCN1CCN(C(=O)c2ccc([N+](=O)[O-])cc2N2CCCCCC2)CC1. The van der Waals surface area contributed by atoms with Gasteiger partial charge in [0.15, 0.2) is 0 Å². The summed E-state index contributed by atoms with van der Waals surface area (Å²) in [5.74, 6) is 0.000272. The molecule has 7 nitrogen and oxygen atoms in total. The van der Waals surface area contributed by atoms with Crippen LogP contribution in [-0.2, 0) is 0 Å². The zero-order valence-electron chi connectivity index (χ0n) is 16.2. The number of nitro benzene ring substituents is 1. The van der Waals surface area contributed by atoms with Crippen molar-refractivity contribution >= 4 is 17.3 Å². The van der Waals surface area contributed by atoms with Gasteiger partial charge < -0.3 is 9.80 Å². The second kappa shape index (κ2) is 9.17. The quantitative estimate of drug-likeness (QED) is 0.585. The zero-order chi connectivity index (χ0) is 19.2. The third kappa shape index (κ3) is 4.77. The number of non-ortho nitro benzene ring substituents is 1. The molecular formula is C20H30N4O3. The molecular weight excluding hydrogens is 344 g/mol. The maximum atomic E-state index is 13.2. The van der Waals surface area contributed by atoms with E-state index in [9.17, 15) is 14.9 Å². The molecule has 2 aliphatic heterocycles. The molecule has 7 heteroatoms. The number of nitro groups is 1. The monoisotopic (exact) mass is 374 g/mol. The fourth-order valence-corrected chi connectivity index (χ4v) is 4.05. The van der Waals surface area contributed by atoms with Gasteiger partial charge in [-0.25, -0.2) is 0 Å². The Kier molecular flexibility index (Phi) is 6.66. The number of anilines is 1. The Bertz CT molecular complexity index is 663. The highest BCUT2D eigenvalue weighted by atomic mass is 16.6. The van der Waals surface area contributed by atoms with Crippen molar-refractivity contribution in [3.05, 3.63) is 33.9 Å². The van der Waals surface area contributed by atoms with E-state index in [1.165, 1.54) is 18.9 Å². The van der Waals surface area contributed by atoms with E-state index in [0.717, 1.165) is 70.8 Å². The predicted octanol–water partition coefficient (Wildman–Crippen LogP) is 3.14. The molecule has 2 heterocycles. The number of carbonyl (C=O) groups excluding carboxylic acids is 1. The van der Waals surface area contributed by atoms with Gasteiger partial charge in [-0.2, -0.15) is 0 Å². The number of nitrogens with zero attached hydrogens (tertiary/aromatic N) is 4. The van der Waals surface area contributed by atoms with Gasteiger partial charge in [-0.3, -0.25) is 19.8 Å². The molecule has 0 aliphatic carbocycles. The summed E-state index contributed by atoms with van der Waals surface area (Å²) >= 11 is 0. The van der Waals surface area contributed by atoms with Crippen molar-refractivity contribution in [1.29, 1.82) is 0 Å². The molecule has 0 atom stereocenters. The lowest BCUT2D eigenvalue weighted by Gasteiger charge is -2.35. The Morgan fingerprint density at radius 3 is 2.30 bits per heavy atom. The highest BCUT2D eigenvalue weighted by molar-refractivity contribution is 6.00. The molecule has 1 amide bonds. The molecule has 1 aromatic rings. The van der Waals surface area contributed by atoms with Crippen molar-refractivity contribution in [2.45, 2.75) is 39.0 Å². The minimum absolute atomic E-state index is 0.000272. The Labute approximate surface area is 161 Å². The van der Waals surface area contributed by atoms with Crippen LogP contribution < -0.4 is 4.90 Å². The lowest BCUT2D eigenvalue weighted by Crippen LogP contribution is -2.49. The lowest BCUT2D eigenvalue weighted by molar-refractivity contribution is -0.384. The van der Waals surface area contributed by atoms with E-state index in [4.69, 9.17) is 0 Å². The summed E-state index contributed by atoms with van der Waals surface area (Å²) in [7, 11) is 0. The lowest BCUT2D eigenvalue weighted by atomic mass is 10.1. The molecule has 0 saturated carbocycles. The van der Waals surface area contributed by atoms with Crippen LogP contribution in [0.3, 0.4) is 0 Å². The van der Waals surface area contributed by atoms with Crippen LogP contribution in [0.15, 0.2) is 18.2 Å². The summed E-state index contributed by atoms with van der Waals surface area (Å²) in [6.45, 7) is 8.17. The standard InChI is InChI=1S/C20H30N4O3/c1-2-9-21-12-14-23(15-13-21)20(25)18-8-7-17(24(26)27)16-19(18)22-10-5-3-4-6-11-22/h7-8,16H,2-6,9-15H2,1H3. The highest BCUT2D eigenvalue weighted by Gasteiger charge is 2.27. The number of rotatable bonds is 5. The van der Waals surface area contributed by atoms with Crippen molar-refractivity contribution in [2.24, 2.45) is 0 Å². The third-order valence-electron chi connectivity index (χ3n) is 5.57. The van der Waals surface area contributed by atoms with E-state index in [0.29, 0.717) is 5.56 Å². The Balaban J connectivity index is 1.83. The van der Waals surface area contributed by atoms with Crippen molar-refractivity contribution in [1.82, 2.24) is 9.80 Å². The predicted molar refractivity (Wildman–Crippen MR) is 106 cm³/mol. The van der Waals surface area contributed by atoms with Crippen LogP contribution in [0.25, 0.3) is 0 Å². The van der Waals surface area contributed by atoms with Gasteiger partial charge in [0.1, 0.15) is 0 Å². The van der Waals surface area contributed by atoms with Crippen LogP contribution in [0, 0.1) is 10.1 Å². The van der Waals surface area contributed by atoms with Gasteiger partial charge in [0.05, 0.1) is 16.2 Å². The van der Waals surface area contributed by atoms with Gasteiger partial charge in [-0.15, -0.1) is 0 Å². The average Bonchev–Trinajstić information content (AvgIpc) is 2.97. The van der Waals surface area contributed by atoms with E-state index >= 15 is 0 Å². The summed E-state index contributed by atoms with van der Waals surface area (Å²) in [6, 6.07) is 4.70. The van der Waals surface area contributed by atoms with Crippen molar-refractivity contribution in [2.75, 3.05) is 50.7 Å². The molecule has 148 valence electrons. The average molecular weight is 374 g/mol. The van der Waals surface area contributed by atoms with Gasteiger partial charge in [0.2, 0.25) is 0 Å². The number of piperazine rings is 1. The molecule has 0 unspecified atom stereocenters. The fraction of sp³-hybridized carbons (Fsp3) is 0.650. The zero-order valence-corrected chi connectivity index (χ0v) is 16.2. The third-order valence-corrected chi connectivity index (χ3v) is 5.57. The summed E-state index contributed by atoms with van der Waals surface area (Å²) < 4.78 is 0. The van der Waals surface area contributed by atoms with E-state index in [1.54, 1.807) is 12.1 Å². The molecule has 3 rings (SSSR count). The van der Waals surface area contributed by atoms with Gasteiger partial charge in [-0.05, 0) is 31.9 Å². The van der Waals surface area contributed by atoms with E-state index < -0.39 is 0 Å². The number of carbonyl (C=O) groups is 1. The van der Waals surface area contributed by atoms with Gasteiger partial charge in [0.25, 0.3) is 11.6 Å². The number of hydrogen-bond acceptors (Lipinski definition) is 5. The molecule has 0 N–H and O–H groups in total. The summed E-state index contributed by atoms with van der Waals surface area (Å²) in [6.07, 6.45) is 5.59. The first-order chi connectivity index (χ1) is 13.1. The van der Waals surface area contributed by atoms with Crippen LogP contribution in [0.2, 0.25) is 0 Å². The Morgan fingerprint density at radius 2 is 1.70 bits per heavy atom. The normalized spacial score (nSPS) is 19.0. The maximum Gasteiger partial charge on any atom is 0.271 e. The van der Waals surface area contributed by atoms with Gasteiger partial charge >= 0.3 is 0 Å². The summed E-state index contributed by atoms with van der Waals surface area (Å²) in [5.41, 5.74) is 1.39. The largest absolute Gasteiger partial charge is 0.371 e. The van der Waals surface area contributed by atoms with E-state index in [1.807, 2.05) is 4.90 Å². The van der Waals surface area contributed by atoms with Crippen LogP contribution in [0.4, 0.5) is 11.4 Å². The fourth-order valence-electron chi connectivity index (χ4n) is 4.05. The highest BCUT2D eigenvalue weighted by Crippen LogP contribution is 2.29. The van der Waals surface area contributed by atoms with Crippen LogP contribution in [0.5, 0.6) is 0 Å². The van der Waals surface area contributed by atoms with E-state index in [2.05, 4.69) is 16.7 Å². The first kappa shape index (κ1) is 19.6. The van der Waals surface area contributed by atoms with Crippen molar-refractivity contribution < 1.29 is 9.72 Å². The van der Waals surface area contributed by atoms with Gasteiger partial charge in [-0.1, -0.05) is 19.8 Å². The second-order valence-electron chi connectivity index (χ2n) is 7.49. The molecule has 0 bridgehead atoms. The molecule has 2 saturated heterocycles. The first-order valence-corrected chi connectivity index (χ1v) is 10.1. The van der Waals surface area contributed by atoms with Crippen LogP contribution in [0.1, 0.15) is 49.4 Å². The molecule has 27 heavy (non-hydrogen) atoms. The smallest absolute Gasteiger partial charge is 0.271 e. The molecule has 0 spiro atoms. The van der Waals surface area contributed by atoms with Crippen LogP contribution >= 0.6 is 0 Å². The Hall–Kier alpha value is -2.15. The molecule has 2 fully saturated rings. The minimum Gasteiger partial charge on any atom is -0.371 e. The molecule has 0 aromatic heterocycles. The molecule has 2 aliphatic rings. The number of amides is 1. The second-order valence-corrected chi connectivity index (χ2v) is 7.49.